The van der Waals surface area contributed by atoms with Crippen molar-refractivity contribution in [2.45, 2.75) is 53.0 Å². The average Bonchev–Trinajstić information content (AvgIpc) is 2.20. The number of nitrogens with two attached hydrogens (primary N) is 1. The topological polar surface area (TPSA) is 63.3 Å². The van der Waals surface area contributed by atoms with Gasteiger partial charge in [-0.05, 0) is 36.5 Å². The van der Waals surface area contributed by atoms with Crippen molar-refractivity contribution in [1.29, 1.82) is 0 Å². The first-order valence-electron chi connectivity index (χ1n) is 5.67. The van der Waals surface area contributed by atoms with Crippen molar-refractivity contribution >= 4 is 5.97 Å². The highest BCUT2D eigenvalue weighted by atomic mass is 16.4. The summed E-state index contributed by atoms with van der Waals surface area (Å²) in [6.45, 7) is 8.49. The van der Waals surface area contributed by atoms with Crippen molar-refractivity contribution in [2.75, 3.05) is 0 Å². The van der Waals surface area contributed by atoms with E-state index in [0.29, 0.717) is 5.92 Å². The Kier molecular flexibility index (Phi) is 3.15. The summed E-state index contributed by atoms with van der Waals surface area (Å²) in [5.74, 6) is -0.333. The maximum atomic E-state index is 11.0. The van der Waals surface area contributed by atoms with E-state index in [2.05, 4.69) is 20.8 Å². The standard InChI is InChI=1S/C12H23NO2/c1-8-5-11(3,4)7-12(8,9(2)13)6-10(14)15/h8-9H,5-7,13H2,1-4H3,(H,14,15). The fourth-order valence-corrected chi connectivity index (χ4v) is 3.46. The van der Waals surface area contributed by atoms with Crippen molar-refractivity contribution in [3.63, 3.8) is 0 Å². The molecule has 0 aromatic heterocycles. The van der Waals surface area contributed by atoms with Crippen LogP contribution in [-0.2, 0) is 4.79 Å². The first kappa shape index (κ1) is 12.5. The predicted molar refractivity (Wildman–Crippen MR) is 60.5 cm³/mol. The Hall–Kier alpha value is -0.570. The maximum Gasteiger partial charge on any atom is 0.303 e. The molecule has 3 N–H and O–H groups in total. The van der Waals surface area contributed by atoms with Crippen molar-refractivity contribution in [2.24, 2.45) is 22.5 Å². The monoisotopic (exact) mass is 213 g/mol. The van der Waals surface area contributed by atoms with Gasteiger partial charge in [0.15, 0.2) is 0 Å². The summed E-state index contributed by atoms with van der Waals surface area (Å²) >= 11 is 0. The molecule has 88 valence electrons. The predicted octanol–water partition coefficient (Wildman–Crippen LogP) is 2.25. The summed E-state index contributed by atoms with van der Waals surface area (Å²) in [6, 6.07) is -0.0506. The molecule has 1 rings (SSSR count). The van der Waals surface area contributed by atoms with Gasteiger partial charge in [0.2, 0.25) is 0 Å². The number of rotatable bonds is 3. The second-order valence-corrected chi connectivity index (χ2v) is 6.04. The smallest absolute Gasteiger partial charge is 0.303 e. The second-order valence-electron chi connectivity index (χ2n) is 6.04. The molecule has 0 spiro atoms. The average molecular weight is 213 g/mol. The highest BCUT2D eigenvalue weighted by Gasteiger charge is 2.51. The van der Waals surface area contributed by atoms with Crippen LogP contribution in [0.25, 0.3) is 0 Å². The van der Waals surface area contributed by atoms with Gasteiger partial charge in [0.05, 0.1) is 6.42 Å². The molecular weight excluding hydrogens is 190 g/mol. The molecule has 0 heterocycles. The summed E-state index contributed by atoms with van der Waals surface area (Å²) < 4.78 is 0. The third-order valence-electron chi connectivity index (χ3n) is 4.04. The van der Waals surface area contributed by atoms with E-state index in [1.807, 2.05) is 6.92 Å². The zero-order valence-electron chi connectivity index (χ0n) is 10.2. The molecular formula is C12H23NO2. The van der Waals surface area contributed by atoms with E-state index in [1.165, 1.54) is 0 Å². The zero-order valence-corrected chi connectivity index (χ0v) is 10.2. The molecule has 1 aliphatic rings. The highest BCUT2D eigenvalue weighted by molar-refractivity contribution is 5.68. The number of carbonyl (C=O) groups is 1. The zero-order chi connectivity index (χ0) is 11.9. The molecule has 0 amide bonds. The van der Waals surface area contributed by atoms with Gasteiger partial charge >= 0.3 is 5.97 Å². The molecule has 0 bridgehead atoms. The number of carboxylic acid groups (broad SMARTS) is 1. The molecule has 0 radical (unpaired) electrons. The molecule has 15 heavy (non-hydrogen) atoms. The molecule has 0 saturated heterocycles. The normalized spacial score (nSPS) is 36.5. The van der Waals surface area contributed by atoms with E-state index < -0.39 is 5.97 Å². The molecule has 0 aromatic carbocycles. The quantitative estimate of drug-likeness (QED) is 0.755. The van der Waals surface area contributed by atoms with Crippen LogP contribution >= 0.6 is 0 Å². The van der Waals surface area contributed by atoms with Crippen molar-refractivity contribution < 1.29 is 9.90 Å². The van der Waals surface area contributed by atoms with Gasteiger partial charge in [-0.2, -0.15) is 0 Å². The fraction of sp³-hybridized carbons (Fsp3) is 0.917. The van der Waals surface area contributed by atoms with Crippen LogP contribution < -0.4 is 5.73 Å². The Morgan fingerprint density at radius 2 is 2.13 bits per heavy atom. The summed E-state index contributed by atoms with van der Waals surface area (Å²) in [5.41, 5.74) is 6.04. The number of aliphatic carboxylic acids is 1. The molecule has 1 fully saturated rings. The summed E-state index contributed by atoms with van der Waals surface area (Å²) in [5, 5.41) is 9.02. The Morgan fingerprint density at radius 3 is 2.40 bits per heavy atom. The van der Waals surface area contributed by atoms with Crippen LogP contribution in [0.4, 0.5) is 0 Å². The van der Waals surface area contributed by atoms with Gasteiger partial charge in [-0.25, -0.2) is 0 Å². The molecule has 1 aliphatic carbocycles. The van der Waals surface area contributed by atoms with E-state index in [1.54, 1.807) is 0 Å². The van der Waals surface area contributed by atoms with Crippen molar-refractivity contribution in [1.82, 2.24) is 0 Å². The minimum absolute atomic E-state index is 0.0506. The van der Waals surface area contributed by atoms with Gasteiger partial charge in [-0.1, -0.05) is 20.8 Å². The molecule has 0 aromatic rings. The molecule has 3 atom stereocenters. The minimum Gasteiger partial charge on any atom is -0.481 e. The summed E-state index contributed by atoms with van der Waals surface area (Å²) in [4.78, 5) is 11.0. The minimum atomic E-state index is -0.725. The second kappa shape index (κ2) is 3.78. The van der Waals surface area contributed by atoms with E-state index in [0.717, 1.165) is 12.8 Å². The lowest BCUT2D eigenvalue weighted by atomic mass is 9.70. The molecule has 3 nitrogen and oxygen atoms in total. The molecule has 3 unspecified atom stereocenters. The lowest BCUT2D eigenvalue weighted by Crippen LogP contribution is -2.43. The van der Waals surface area contributed by atoms with Gasteiger partial charge in [0.1, 0.15) is 0 Å². The number of hydrogen-bond acceptors (Lipinski definition) is 2. The van der Waals surface area contributed by atoms with Gasteiger partial charge in [0, 0.05) is 6.04 Å². The first-order valence-corrected chi connectivity index (χ1v) is 5.67. The fourth-order valence-electron chi connectivity index (χ4n) is 3.46. The van der Waals surface area contributed by atoms with Crippen LogP contribution in [0.3, 0.4) is 0 Å². The maximum absolute atomic E-state index is 11.0. The van der Waals surface area contributed by atoms with Crippen LogP contribution in [0.2, 0.25) is 0 Å². The Balaban J connectivity index is 2.97. The van der Waals surface area contributed by atoms with Gasteiger partial charge in [-0.3, -0.25) is 4.79 Å². The van der Waals surface area contributed by atoms with Crippen LogP contribution in [0, 0.1) is 16.7 Å². The number of carboxylic acids is 1. The van der Waals surface area contributed by atoms with Gasteiger partial charge in [0.25, 0.3) is 0 Å². The van der Waals surface area contributed by atoms with Crippen LogP contribution in [0.5, 0.6) is 0 Å². The van der Waals surface area contributed by atoms with Crippen LogP contribution in [-0.4, -0.2) is 17.1 Å². The van der Waals surface area contributed by atoms with E-state index in [9.17, 15) is 4.79 Å². The highest BCUT2D eigenvalue weighted by Crippen LogP contribution is 2.55. The molecule has 1 saturated carbocycles. The van der Waals surface area contributed by atoms with Crippen molar-refractivity contribution in [3.8, 4) is 0 Å². The molecule has 0 aliphatic heterocycles. The molecule has 3 heteroatoms. The lowest BCUT2D eigenvalue weighted by molar-refractivity contribution is -0.140. The SMILES string of the molecule is CC(N)C1(CC(=O)O)CC(C)(C)CC1C. The Labute approximate surface area is 92.0 Å². The first-order chi connectivity index (χ1) is 6.69. The van der Waals surface area contributed by atoms with E-state index in [4.69, 9.17) is 10.8 Å². The van der Waals surface area contributed by atoms with Crippen LogP contribution in [0.1, 0.15) is 47.0 Å². The Bertz CT molecular complexity index is 260. The summed E-state index contributed by atoms with van der Waals surface area (Å²) in [7, 11) is 0. The third kappa shape index (κ3) is 2.33. The number of hydrogen-bond donors (Lipinski definition) is 2. The van der Waals surface area contributed by atoms with Crippen LogP contribution in [0.15, 0.2) is 0 Å². The van der Waals surface area contributed by atoms with E-state index in [-0.39, 0.29) is 23.3 Å². The largest absolute Gasteiger partial charge is 0.481 e. The van der Waals surface area contributed by atoms with Gasteiger partial charge in [-0.15, -0.1) is 0 Å². The van der Waals surface area contributed by atoms with Gasteiger partial charge < -0.3 is 10.8 Å². The third-order valence-corrected chi connectivity index (χ3v) is 4.04. The van der Waals surface area contributed by atoms with E-state index >= 15 is 0 Å². The Morgan fingerprint density at radius 1 is 1.60 bits per heavy atom. The lowest BCUT2D eigenvalue weighted by Gasteiger charge is -2.37. The summed E-state index contributed by atoms with van der Waals surface area (Å²) in [6.07, 6.45) is 2.20. The van der Waals surface area contributed by atoms with Crippen molar-refractivity contribution in [3.05, 3.63) is 0 Å².